The second kappa shape index (κ2) is 3.61. The van der Waals surface area contributed by atoms with Crippen LogP contribution in [0.1, 0.15) is 52.4 Å². The molecule has 2 saturated carbocycles. The average molecular weight is 181 g/mol. The Morgan fingerprint density at radius 3 is 2.62 bits per heavy atom. The van der Waals surface area contributed by atoms with Crippen molar-refractivity contribution in [3.05, 3.63) is 0 Å². The van der Waals surface area contributed by atoms with Crippen LogP contribution in [0.15, 0.2) is 0 Å². The van der Waals surface area contributed by atoms with Crippen molar-refractivity contribution >= 4 is 0 Å². The molecule has 0 heterocycles. The van der Waals surface area contributed by atoms with Crippen molar-refractivity contribution in [2.24, 2.45) is 11.8 Å². The van der Waals surface area contributed by atoms with Gasteiger partial charge < -0.3 is 5.32 Å². The molecule has 1 N–H and O–H groups in total. The minimum Gasteiger partial charge on any atom is -0.311 e. The van der Waals surface area contributed by atoms with E-state index in [0.717, 1.165) is 18.4 Å². The van der Waals surface area contributed by atoms with E-state index in [1.165, 1.54) is 38.5 Å². The summed E-state index contributed by atoms with van der Waals surface area (Å²) in [6.45, 7) is 5.73. The summed E-state index contributed by atoms with van der Waals surface area (Å²) in [4.78, 5) is 0. The second-order valence-corrected chi connectivity index (χ2v) is 5.02. The summed E-state index contributed by atoms with van der Waals surface area (Å²) >= 11 is 0. The standard InChI is InChI=1S/C12H23N/c1-3-7-12(13-4-2)9-10-5-6-11(12)8-10/h10-11,13H,3-9H2,1-2H3. The lowest BCUT2D eigenvalue weighted by atomic mass is 9.78. The van der Waals surface area contributed by atoms with E-state index in [9.17, 15) is 0 Å². The minimum absolute atomic E-state index is 0.562. The van der Waals surface area contributed by atoms with Crippen LogP contribution in [0.25, 0.3) is 0 Å². The largest absolute Gasteiger partial charge is 0.311 e. The van der Waals surface area contributed by atoms with Crippen LogP contribution in [0.3, 0.4) is 0 Å². The van der Waals surface area contributed by atoms with E-state index in [0.29, 0.717) is 5.54 Å². The van der Waals surface area contributed by atoms with Crippen LogP contribution in [0.5, 0.6) is 0 Å². The van der Waals surface area contributed by atoms with Crippen LogP contribution in [0.2, 0.25) is 0 Å². The molecule has 0 radical (unpaired) electrons. The normalized spacial score (nSPS) is 42.9. The zero-order valence-corrected chi connectivity index (χ0v) is 9.10. The summed E-state index contributed by atoms with van der Waals surface area (Å²) in [7, 11) is 0. The summed E-state index contributed by atoms with van der Waals surface area (Å²) in [5.41, 5.74) is 0.562. The van der Waals surface area contributed by atoms with Crippen molar-refractivity contribution in [3.63, 3.8) is 0 Å². The fourth-order valence-corrected chi connectivity index (χ4v) is 3.85. The third-order valence-corrected chi connectivity index (χ3v) is 4.20. The molecule has 2 aliphatic carbocycles. The first-order valence-electron chi connectivity index (χ1n) is 6.05. The van der Waals surface area contributed by atoms with Crippen molar-refractivity contribution in [1.29, 1.82) is 0 Å². The van der Waals surface area contributed by atoms with Gasteiger partial charge in [-0.3, -0.25) is 0 Å². The fourth-order valence-electron chi connectivity index (χ4n) is 3.85. The van der Waals surface area contributed by atoms with Gasteiger partial charge >= 0.3 is 0 Å². The second-order valence-electron chi connectivity index (χ2n) is 5.02. The highest BCUT2D eigenvalue weighted by Gasteiger charge is 2.49. The minimum atomic E-state index is 0.562. The molecule has 0 aliphatic heterocycles. The Morgan fingerprint density at radius 2 is 2.15 bits per heavy atom. The highest BCUT2D eigenvalue weighted by atomic mass is 15.0. The molecule has 2 rings (SSSR count). The first kappa shape index (κ1) is 9.51. The van der Waals surface area contributed by atoms with Crippen molar-refractivity contribution in [2.45, 2.75) is 57.9 Å². The van der Waals surface area contributed by atoms with Gasteiger partial charge in [-0.1, -0.05) is 26.7 Å². The van der Waals surface area contributed by atoms with E-state index < -0.39 is 0 Å². The van der Waals surface area contributed by atoms with Crippen LogP contribution < -0.4 is 5.32 Å². The zero-order chi connectivity index (χ0) is 9.31. The molecule has 0 aromatic carbocycles. The molecule has 2 fully saturated rings. The van der Waals surface area contributed by atoms with Crippen molar-refractivity contribution in [2.75, 3.05) is 6.54 Å². The number of hydrogen-bond donors (Lipinski definition) is 1. The van der Waals surface area contributed by atoms with Crippen molar-refractivity contribution < 1.29 is 0 Å². The molecule has 0 aromatic rings. The molecule has 1 nitrogen and oxygen atoms in total. The predicted octanol–water partition coefficient (Wildman–Crippen LogP) is 2.95. The number of nitrogens with one attached hydrogen (secondary N) is 1. The topological polar surface area (TPSA) is 12.0 Å². The van der Waals surface area contributed by atoms with Crippen LogP contribution in [-0.2, 0) is 0 Å². The van der Waals surface area contributed by atoms with E-state index in [-0.39, 0.29) is 0 Å². The molecule has 3 atom stereocenters. The Labute approximate surface area is 82.3 Å². The van der Waals surface area contributed by atoms with E-state index in [4.69, 9.17) is 0 Å². The van der Waals surface area contributed by atoms with Gasteiger partial charge in [0, 0.05) is 5.54 Å². The lowest BCUT2D eigenvalue weighted by molar-refractivity contribution is 0.195. The van der Waals surface area contributed by atoms with E-state index in [1.807, 2.05) is 0 Å². The van der Waals surface area contributed by atoms with Gasteiger partial charge in [-0.15, -0.1) is 0 Å². The number of rotatable bonds is 4. The summed E-state index contributed by atoms with van der Waals surface area (Å²) in [6.07, 6.45) is 8.75. The van der Waals surface area contributed by atoms with E-state index in [1.54, 1.807) is 0 Å². The van der Waals surface area contributed by atoms with Gasteiger partial charge in [0.1, 0.15) is 0 Å². The predicted molar refractivity (Wildman–Crippen MR) is 56.8 cm³/mol. The molecule has 0 saturated heterocycles. The Bertz CT molecular complexity index is 170. The lowest BCUT2D eigenvalue weighted by Gasteiger charge is -2.38. The van der Waals surface area contributed by atoms with Gasteiger partial charge in [0.2, 0.25) is 0 Å². The average Bonchev–Trinajstić information content (AvgIpc) is 2.64. The maximum Gasteiger partial charge on any atom is 0.0212 e. The Balaban J connectivity index is 2.05. The smallest absolute Gasteiger partial charge is 0.0212 e. The third kappa shape index (κ3) is 1.52. The van der Waals surface area contributed by atoms with Gasteiger partial charge in [0.15, 0.2) is 0 Å². The molecule has 0 aromatic heterocycles. The molecule has 2 bridgehead atoms. The Hall–Kier alpha value is -0.0400. The number of hydrogen-bond acceptors (Lipinski definition) is 1. The van der Waals surface area contributed by atoms with Crippen LogP contribution in [0, 0.1) is 11.8 Å². The van der Waals surface area contributed by atoms with Gasteiger partial charge in [-0.2, -0.15) is 0 Å². The third-order valence-electron chi connectivity index (χ3n) is 4.20. The Morgan fingerprint density at radius 1 is 1.31 bits per heavy atom. The maximum atomic E-state index is 3.79. The first-order chi connectivity index (χ1) is 6.30. The highest BCUT2D eigenvalue weighted by molar-refractivity contribution is 5.05. The Kier molecular flexibility index (Phi) is 2.64. The van der Waals surface area contributed by atoms with Gasteiger partial charge in [-0.25, -0.2) is 0 Å². The van der Waals surface area contributed by atoms with Gasteiger partial charge in [-0.05, 0) is 44.1 Å². The maximum absolute atomic E-state index is 3.79. The van der Waals surface area contributed by atoms with Crippen LogP contribution in [0.4, 0.5) is 0 Å². The molecule has 2 aliphatic rings. The van der Waals surface area contributed by atoms with E-state index >= 15 is 0 Å². The summed E-state index contributed by atoms with van der Waals surface area (Å²) in [6, 6.07) is 0. The molecular weight excluding hydrogens is 158 g/mol. The SMILES string of the molecule is CCCC1(NCC)CC2CCC1C2. The quantitative estimate of drug-likeness (QED) is 0.703. The summed E-state index contributed by atoms with van der Waals surface area (Å²) < 4.78 is 0. The van der Waals surface area contributed by atoms with Crippen molar-refractivity contribution in [3.8, 4) is 0 Å². The lowest BCUT2D eigenvalue weighted by Crippen LogP contribution is -2.49. The zero-order valence-electron chi connectivity index (χ0n) is 9.10. The molecule has 76 valence electrons. The molecule has 1 heteroatoms. The number of fused-ring (bicyclic) bond motifs is 2. The molecule has 0 spiro atoms. The summed E-state index contributed by atoms with van der Waals surface area (Å²) in [5.74, 6) is 2.08. The van der Waals surface area contributed by atoms with Crippen LogP contribution in [-0.4, -0.2) is 12.1 Å². The van der Waals surface area contributed by atoms with Gasteiger partial charge in [0.25, 0.3) is 0 Å². The molecular formula is C12H23N. The molecule has 3 unspecified atom stereocenters. The van der Waals surface area contributed by atoms with Gasteiger partial charge in [0.05, 0.1) is 0 Å². The molecule has 13 heavy (non-hydrogen) atoms. The van der Waals surface area contributed by atoms with Crippen LogP contribution >= 0.6 is 0 Å². The van der Waals surface area contributed by atoms with Crippen molar-refractivity contribution in [1.82, 2.24) is 5.32 Å². The summed E-state index contributed by atoms with van der Waals surface area (Å²) in [5, 5.41) is 3.79. The first-order valence-corrected chi connectivity index (χ1v) is 6.05. The highest BCUT2D eigenvalue weighted by Crippen LogP contribution is 2.52. The fraction of sp³-hybridized carbons (Fsp3) is 1.00. The molecule has 0 amide bonds. The van der Waals surface area contributed by atoms with E-state index in [2.05, 4.69) is 19.2 Å². The monoisotopic (exact) mass is 181 g/mol.